The van der Waals surface area contributed by atoms with Gasteiger partial charge in [0, 0.05) is 42.3 Å². The monoisotopic (exact) mass is 1220 g/mol. The second-order valence-electron chi connectivity index (χ2n) is 28.2. The smallest absolute Gasteiger partial charge is 0.125 e. The lowest BCUT2D eigenvalue weighted by Gasteiger charge is -2.38. The minimum absolute atomic E-state index is 0.000410. The van der Waals surface area contributed by atoms with E-state index in [-0.39, 0.29) is 21.7 Å². The van der Waals surface area contributed by atoms with Crippen molar-refractivity contribution < 1.29 is 0 Å². The Morgan fingerprint density at radius 2 is 0.550 bits per heavy atom. The van der Waals surface area contributed by atoms with E-state index in [9.17, 15) is 0 Å². The molecule has 5 aromatic carbocycles. The summed E-state index contributed by atoms with van der Waals surface area (Å²) in [4.78, 5) is 0. The maximum atomic E-state index is 4.00. The minimum atomic E-state index is -2.05. The molecule has 0 radical (unpaired) electrons. The second-order valence-corrected chi connectivity index (χ2v) is 41.1. The molecular weight excluding hydrogens is 1130 g/mol. The maximum Gasteiger partial charge on any atom is 0.146 e. The lowest BCUT2D eigenvalue weighted by atomic mass is 9.79. The van der Waals surface area contributed by atoms with E-state index in [0.29, 0.717) is 33.2 Å². The van der Waals surface area contributed by atoms with Gasteiger partial charge in [-0.05, 0) is 191 Å². The molecular formula is C76H92Br2Si2. The van der Waals surface area contributed by atoms with Gasteiger partial charge in [-0.2, -0.15) is 0 Å². The summed E-state index contributed by atoms with van der Waals surface area (Å²) in [6, 6.07) is 31.4. The predicted octanol–water partition coefficient (Wildman–Crippen LogP) is 21.7. The summed E-state index contributed by atoms with van der Waals surface area (Å²) in [5, 5.41) is 0. The number of rotatable bonds is 8. The van der Waals surface area contributed by atoms with Gasteiger partial charge in [0.2, 0.25) is 0 Å². The fourth-order valence-corrected chi connectivity index (χ4v) is 23.2. The molecule has 0 aliphatic rings. The van der Waals surface area contributed by atoms with E-state index in [4.69, 9.17) is 0 Å². The van der Waals surface area contributed by atoms with Crippen LogP contribution in [0.5, 0.6) is 0 Å². The Kier molecular flexibility index (Phi) is 21.3. The van der Waals surface area contributed by atoms with E-state index in [2.05, 4.69) is 341 Å². The molecule has 0 heterocycles. The first-order valence-corrected chi connectivity index (χ1v) is 35.2. The van der Waals surface area contributed by atoms with E-state index >= 15 is 0 Å². The van der Waals surface area contributed by atoms with Gasteiger partial charge in [0.15, 0.2) is 0 Å². The van der Waals surface area contributed by atoms with Crippen molar-refractivity contribution >= 4 is 48.0 Å². The molecule has 0 spiro atoms. The molecule has 0 atom stereocenters. The summed E-state index contributed by atoms with van der Waals surface area (Å²) < 4.78 is 1.70. The van der Waals surface area contributed by atoms with Crippen LogP contribution in [0.25, 0.3) is 22.3 Å². The Bertz CT molecular complexity index is 3160. The SMILES string of the molecule is CC(C)[Si](C#Cc1cc(-c2cc(C(C)(C)C)cc(C(C)(C)C)c2)ccc1C#CC#Cc1cc(C#CC#Cc2ccc(-c3cc(C(C)(C)C)cc(C(C)(C)C)c3)cc2C#C[Si](C(C)C)(C(C)C)C(C)C)c(Br)cc1Br)(C(C)C)C(C)C. The highest BCUT2D eigenvalue weighted by Gasteiger charge is 2.43. The number of hydrogen-bond acceptors (Lipinski definition) is 0. The number of halogens is 2. The summed E-state index contributed by atoms with van der Waals surface area (Å²) in [6.45, 7) is 55.9. The summed E-state index contributed by atoms with van der Waals surface area (Å²) in [5.74, 6) is 33.9. The Hall–Kier alpha value is -5.15. The van der Waals surface area contributed by atoms with Gasteiger partial charge in [-0.25, -0.2) is 0 Å². The largest absolute Gasteiger partial charge is 0.146 e. The van der Waals surface area contributed by atoms with E-state index in [1.165, 1.54) is 33.4 Å². The van der Waals surface area contributed by atoms with Gasteiger partial charge in [-0.3, -0.25) is 0 Å². The van der Waals surface area contributed by atoms with E-state index in [1.807, 2.05) is 12.1 Å². The Morgan fingerprint density at radius 3 is 0.800 bits per heavy atom. The van der Waals surface area contributed by atoms with Crippen molar-refractivity contribution in [2.24, 2.45) is 0 Å². The average molecular weight is 1220 g/mol. The maximum absolute atomic E-state index is 4.00. The van der Waals surface area contributed by atoms with E-state index in [0.717, 1.165) is 53.5 Å². The summed E-state index contributed by atoms with van der Waals surface area (Å²) >= 11 is 7.54. The van der Waals surface area contributed by atoms with Crippen LogP contribution in [0, 0.1) is 70.3 Å². The van der Waals surface area contributed by atoms with Gasteiger partial charge in [-0.1, -0.05) is 250 Å². The third-order valence-corrected chi connectivity index (χ3v) is 30.5. The molecule has 5 aromatic rings. The van der Waals surface area contributed by atoms with Crippen LogP contribution in [0.15, 0.2) is 93.9 Å². The molecule has 0 nitrogen and oxygen atoms in total. The van der Waals surface area contributed by atoms with Crippen molar-refractivity contribution in [1.82, 2.24) is 0 Å². The van der Waals surface area contributed by atoms with Gasteiger partial charge in [0.05, 0.1) is 0 Å². The minimum Gasteiger partial charge on any atom is -0.125 e. The molecule has 0 saturated carbocycles. The zero-order valence-electron chi connectivity index (χ0n) is 53.3. The molecule has 0 amide bonds. The van der Waals surface area contributed by atoms with Crippen molar-refractivity contribution in [2.75, 3.05) is 0 Å². The molecule has 5 rings (SSSR count). The van der Waals surface area contributed by atoms with Crippen LogP contribution >= 0.6 is 31.9 Å². The van der Waals surface area contributed by atoms with Gasteiger partial charge in [0.25, 0.3) is 0 Å². The molecule has 418 valence electrons. The van der Waals surface area contributed by atoms with Gasteiger partial charge in [0.1, 0.15) is 16.1 Å². The molecule has 0 aliphatic carbocycles. The van der Waals surface area contributed by atoms with Crippen molar-refractivity contribution in [3.63, 3.8) is 0 Å². The van der Waals surface area contributed by atoms with Crippen LogP contribution in [0.1, 0.15) is 222 Å². The summed E-state index contributed by atoms with van der Waals surface area (Å²) in [6.07, 6.45) is 0. The molecule has 0 unspecified atom stereocenters. The van der Waals surface area contributed by atoms with Crippen molar-refractivity contribution in [3.8, 4) is 92.5 Å². The Morgan fingerprint density at radius 1 is 0.287 bits per heavy atom. The highest BCUT2D eigenvalue weighted by atomic mass is 79.9. The third-order valence-electron chi connectivity index (χ3n) is 16.6. The zero-order valence-corrected chi connectivity index (χ0v) is 58.5. The summed E-state index contributed by atoms with van der Waals surface area (Å²) in [7, 11) is -4.09. The van der Waals surface area contributed by atoms with Crippen molar-refractivity contribution in [1.29, 1.82) is 0 Å². The fourth-order valence-electron chi connectivity index (χ4n) is 11.5. The van der Waals surface area contributed by atoms with Crippen LogP contribution in [0.2, 0.25) is 33.2 Å². The van der Waals surface area contributed by atoms with Crippen LogP contribution in [0.3, 0.4) is 0 Å². The average Bonchev–Trinajstić information content (AvgIpc) is 3.34. The van der Waals surface area contributed by atoms with Gasteiger partial charge in [-0.15, -0.1) is 11.1 Å². The van der Waals surface area contributed by atoms with Crippen LogP contribution < -0.4 is 0 Å². The second kappa shape index (κ2) is 26.0. The standard InChI is InChI=1S/C76H92Br2Si2/c1-51(2)79(52(3)4,53(5)6)39-37-61-41-59(65-44-67(73(13,14)15)48-68(45-65)74(16,17)18)35-33-57(61)29-25-27-31-63-43-64(72(78)50-71(63)77)32-28-26-30-58-34-36-60(42-62(58)38-40-80(54(7)8,55(9)10)56(11)12)66-46-69(75(19,20)21)49-70(47-66)76(22,23)24/h33-36,41-56H,1-24H3. The summed E-state index contributed by atoms with van der Waals surface area (Å²) in [5.41, 5.74) is 26.3. The third kappa shape index (κ3) is 15.7. The molecule has 0 aromatic heterocycles. The zero-order chi connectivity index (χ0) is 60.1. The van der Waals surface area contributed by atoms with Crippen molar-refractivity contribution in [3.05, 3.63) is 150 Å². The molecule has 0 aliphatic heterocycles. The fraction of sp³-hybridized carbons (Fsp3) is 0.447. The van der Waals surface area contributed by atoms with E-state index < -0.39 is 16.1 Å². The topological polar surface area (TPSA) is 0 Å². The predicted molar refractivity (Wildman–Crippen MR) is 364 cm³/mol. The van der Waals surface area contributed by atoms with Crippen LogP contribution in [0.4, 0.5) is 0 Å². The number of hydrogen-bond donors (Lipinski definition) is 0. The highest BCUT2D eigenvalue weighted by molar-refractivity contribution is 9.11. The van der Waals surface area contributed by atoms with Crippen LogP contribution in [-0.4, -0.2) is 16.1 Å². The van der Waals surface area contributed by atoms with Gasteiger partial charge < -0.3 is 0 Å². The van der Waals surface area contributed by atoms with E-state index in [1.54, 1.807) is 0 Å². The quantitative estimate of drug-likeness (QED) is 0.107. The Balaban J connectivity index is 1.61. The first-order chi connectivity index (χ1) is 36.9. The van der Waals surface area contributed by atoms with Crippen molar-refractivity contribution in [2.45, 2.75) is 221 Å². The molecule has 80 heavy (non-hydrogen) atoms. The Labute approximate surface area is 507 Å². The lowest BCUT2D eigenvalue weighted by Crippen LogP contribution is -2.43. The molecule has 4 heteroatoms. The molecule has 0 N–H and O–H groups in total. The first kappa shape index (κ1) is 65.7. The molecule has 0 saturated heterocycles. The number of benzene rings is 5. The lowest BCUT2D eigenvalue weighted by molar-refractivity contribution is 0.568. The molecule has 0 bridgehead atoms. The van der Waals surface area contributed by atoms with Gasteiger partial charge >= 0.3 is 0 Å². The highest BCUT2D eigenvalue weighted by Crippen LogP contribution is 2.43. The molecule has 0 fully saturated rings. The first-order valence-electron chi connectivity index (χ1n) is 29.1. The normalized spacial score (nSPS) is 12.2. The van der Waals surface area contributed by atoms with Crippen LogP contribution in [-0.2, 0) is 21.7 Å².